The van der Waals surface area contributed by atoms with Crippen molar-refractivity contribution in [3.63, 3.8) is 0 Å². The molecule has 1 N–H and O–H groups in total. The highest BCUT2D eigenvalue weighted by Crippen LogP contribution is 2.55. The molecule has 188 valence electrons. The van der Waals surface area contributed by atoms with Gasteiger partial charge in [0.15, 0.2) is 0 Å². The van der Waals surface area contributed by atoms with E-state index in [1.807, 2.05) is 0 Å². The fourth-order valence-corrected chi connectivity index (χ4v) is 9.96. The molecule has 10 unspecified atom stereocenters. The molecule has 0 amide bonds. The Bertz CT molecular complexity index is 1020. The van der Waals surface area contributed by atoms with Crippen molar-refractivity contribution >= 4 is 66.3 Å². The Morgan fingerprint density at radius 2 is 1.33 bits per heavy atom. The van der Waals surface area contributed by atoms with Crippen molar-refractivity contribution < 1.29 is 44.6 Å². The van der Waals surface area contributed by atoms with Crippen molar-refractivity contribution in [3.05, 3.63) is 0 Å². The van der Waals surface area contributed by atoms with Gasteiger partial charge in [-0.25, -0.2) is 0 Å². The molecule has 0 aromatic heterocycles. The molecule has 4 aliphatic carbocycles. The molecule has 0 spiro atoms. The first-order valence-electron chi connectivity index (χ1n) is 10.4. The number of halogens is 3. The van der Waals surface area contributed by atoms with E-state index in [-0.39, 0.29) is 45.9 Å². The number of hydrogen-bond donors (Lipinski definition) is 1. The van der Waals surface area contributed by atoms with Crippen LogP contribution >= 0.6 is 34.8 Å². The second-order valence-corrected chi connectivity index (χ2v) is 13.6. The van der Waals surface area contributed by atoms with Crippen LogP contribution < -0.4 is 0 Å². The largest absolute Gasteiger partial charge is 0.458 e. The number of aliphatic hydroxyl groups excluding tert-OH is 1. The molecule has 2 heterocycles. The normalized spacial score (nSPS) is 45.7. The van der Waals surface area contributed by atoms with Gasteiger partial charge in [-0.05, 0) is 43.2 Å². The standard InChI is InChI=1S/C9H11ClO5S.C7H10O4S.C2H2Cl2O/c10-3-7(11)14-8-4-1-5-6(2-4)16(12,13)15-9(5)8;8-6-3-1-4-5(2-3)12(9,10)11-7(4)6;3-1-2(4)5/h4-6,8-9H,1-3H2;3-8H,1-2H2;1H2. The molecule has 15 heteroatoms. The van der Waals surface area contributed by atoms with Crippen molar-refractivity contribution in [3.8, 4) is 0 Å². The predicted octanol–water partition coefficient (Wildman–Crippen LogP) is 0.749. The third-order valence-corrected chi connectivity index (χ3v) is 11.6. The Balaban J connectivity index is 0.000000135. The molecule has 4 bridgehead atoms. The third kappa shape index (κ3) is 4.66. The number of alkyl halides is 2. The average Bonchev–Trinajstić information content (AvgIpc) is 3.54. The molecule has 2 aliphatic heterocycles. The van der Waals surface area contributed by atoms with Gasteiger partial charge in [-0.2, -0.15) is 16.8 Å². The second-order valence-electron chi connectivity index (χ2n) is 9.04. The minimum atomic E-state index is -3.43. The number of ether oxygens (including phenoxy) is 1. The number of fused-ring (bicyclic) bond motifs is 2. The Morgan fingerprint density at radius 3 is 1.82 bits per heavy atom. The molecular weight excluding hydrogens is 547 g/mol. The van der Waals surface area contributed by atoms with Gasteiger partial charge in [0.05, 0.1) is 22.5 Å². The summed E-state index contributed by atoms with van der Waals surface area (Å²) in [5.41, 5.74) is 0. The topological polar surface area (TPSA) is 150 Å². The molecule has 0 aromatic carbocycles. The van der Waals surface area contributed by atoms with Crippen LogP contribution in [0.1, 0.15) is 25.7 Å². The van der Waals surface area contributed by atoms with Crippen LogP contribution in [0.3, 0.4) is 0 Å². The van der Waals surface area contributed by atoms with E-state index in [0.29, 0.717) is 12.8 Å². The summed E-state index contributed by atoms with van der Waals surface area (Å²) < 4.78 is 60.8. The molecule has 10 atom stereocenters. The first-order valence-corrected chi connectivity index (χ1v) is 14.8. The van der Waals surface area contributed by atoms with E-state index in [1.54, 1.807) is 0 Å². The summed E-state index contributed by atoms with van der Waals surface area (Å²) in [6.07, 6.45) is 0.895. The SMILES string of the molecule is O=C(CCl)OC1C2CC3C1OS(=O)(=O)C3C2.O=C(Cl)CCl.O=S1(=O)OC2C(O)C3CC2C1C3. The number of esters is 1. The minimum Gasteiger partial charge on any atom is -0.458 e. The number of carbonyl (C=O) groups is 2. The molecule has 10 nitrogen and oxygen atoms in total. The van der Waals surface area contributed by atoms with Crippen LogP contribution in [0.4, 0.5) is 0 Å². The molecule has 4 saturated carbocycles. The van der Waals surface area contributed by atoms with Gasteiger partial charge in [-0.1, -0.05) is 0 Å². The monoisotopic (exact) mass is 568 g/mol. The first kappa shape index (κ1) is 25.9. The summed E-state index contributed by atoms with van der Waals surface area (Å²) in [4.78, 5) is 20.6. The van der Waals surface area contributed by atoms with Gasteiger partial charge < -0.3 is 9.84 Å². The van der Waals surface area contributed by atoms with Gasteiger partial charge in [-0.3, -0.25) is 18.0 Å². The van der Waals surface area contributed by atoms with Crippen LogP contribution in [-0.2, 0) is 42.9 Å². The Kier molecular flexibility index (Phi) is 7.33. The van der Waals surface area contributed by atoms with Crippen molar-refractivity contribution in [2.75, 3.05) is 11.8 Å². The zero-order valence-corrected chi connectivity index (χ0v) is 21.0. The lowest BCUT2D eigenvalue weighted by molar-refractivity contribution is -0.152. The molecule has 6 fully saturated rings. The van der Waals surface area contributed by atoms with Crippen molar-refractivity contribution in [1.29, 1.82) is 0 Å². The van der Waals surface area contributed by atoms with Crippen LogP contribution in [0, 0.1) is 23.7 Å². The van der Waals surface area contributed by atoms with E-state index < -0.39 is 55.9 Å². The van der Waals surface area contributed by atoms with E-state index in [4.69, 9.17) is 47.9 Å². The van der Waals surface area contributed by atoms with Gasteiger partial charge in [0, 0.05) is 17.8 Å². The molecule has 2 saturated heterocycles. The maximum Gasteiger partial charge on any atom is 0.321 e. The fourth-order valence-electron chi connectivity index (χ4n) is 6.13. The minimum absolute atomic E-state index is 0.00289. The zero-order chi connectivity index (χ0) is 24.3. The quantitative estimate of drug-likeness (QED) is 0.223. The van der Waals surface area contributed by atoms with E-state index in [1.165, 1.54) is 0 Å². The van der Waals surface area contributed by atoms with E-state index in [2.05, 4.69) is 0 Å². The predicted molar refractivity (Wildman–Crippen MR) is 116 cm³/mol. The number of aliphatic hydroxyl groups is 1. The van der Waals surface area contributed by atoms with Gasteiger partial charge >= 0.3 is 5.97 Å². The highest BCUT2D eigenvalue weighted by atomic mass is 35.5. The molecule has 6 aliphatic rings. The smallest absolute Gasteiger partial charge is 0.321 e. The van der Waals surface area contributed by atoms with Gasteiger partial charge in [0.1, 0.15) is 24.2 Å². The fraction of sp³-hybridized carbons (Fsp3) is 0.889. The molecular formula is C18H23Cl3O10S2. The lowest BCUT2D eigenvalue weighted by Gasteiger charge is -2.24. The van der Waals surface area contributed by atoms with E-state index in [0.717, 1.165) is 12.8 Å². The maximum atomic E-state index is 11.6. The van der Waals surface area contributed by atoms with Crippen LogP contribution in [0.25, 0.3) is 0 Å². The summed E-state index contributed by atoms with van der Waals surface area (Å²) in [5, 5.41) is 8.35. The summed E-state index contributed by atoms with van der Waals surface area (Å²) in [6.45, 7) is 0. The van der Waals surface area contributed by atoms with Gasteiger partial charge in [-0.15, -0.1) is 23.2 Å². The third-order valence-electron chi connectivity index (χ3n) is 7.34. The Hall–Kier alpha value is -0.210. The van der Waals surface area contributed by atoms with Crippen molar-refractivity contribution in [2.45, 2.75) is 60.6 Å². The van der Waals surface area contributed by atoms with Gasteiger partial charge in [0.25, 0.3) is 20.2 Å². The van der Waals surface area contributed by atoms with Gasteiger partial charge in [0.2, 0.25) is 5.24 Å². The average molecular weight is 570 g/mol. The lowest BCUT2D eigenvalue weighted by atomic mass is 9.94. The highest BCUT2D eigenvalue weighted by Gasteiger charge is 2.65. The molecule has 6 rings (SSSR count). The second kappa shape index (κ2) is 9.34. The van der Waals surface area contributed by atoms with E-state index in [9.17, 15) is 31.5 Å². The van der Waals surface area contributed by atoms with Crippen LogP contribution in [0.15, 0.2) is 0 Å². The van der Waals surface area contributed by atoms with Crippen LogP contribution in [0.2, 0.25) is 0 Å². The Morgan fingerprint density at radius 1 is 0.848 bits per heavy atom. The number of carbonyl (C=O) groups excluding carboxylic acids is 2. The van der Waals surface area contributed by atoms with Crippen molar-refractivity contribution in [2.24, 2.45) is 23.7 Å². The summed E-state index contributed by atoms with van der Waals surface area (Å²) in [6, 6.07) is 0. The maximum absolute atomic E-state index is 11.6. The van der Waals surface area contributed by atoms with Crippen molar-refractivity contribution in [1.82, 2.24) is 0 Å². The molecule has 0 radical (unpaired) electrons. The molecule has 33 heavy (non-hydrogen) atoms. The summed E-state index contributed by atoms with van der Waals surface area (Å²) in [5.74, 6) is -0.452. The van der Waals surface area contributed by atoms with Crippen LogP contribution in [0.5, 0.6) is 0 Å². The Labute approximate surface area is 206 Å². The van der Waals surface area contributed by atoms with Crippen LogP contribution in [-0.4, -0.2) is 79.8 Å². The number of rotatable bonds is 3. The first-order chi connectivity index (χ1) is 15.4. The van der Waals surface area contributed by atoms with E-state index >= 15 is 0 Å². The molecule has 0 aromatic rings. The summed E-state index contributed by atoms with van der Waals surface area (Å²) in [7, 11) is -6.76. The zero-order valence-electron chi connectivity index (χ0n) is 17.1. The highest BCUT2D eigenvalue weighted by molar-refractivity contribution is 7.87. The lowest BCUT2D eigenvalue weighted by Crippen LogP contribution is -2.37. The number of hydrogen-bond acceptors (Lipinski definition) is 10. The summed E-state index contributed by atoms with van der Waals surface area (Å²) >= 11 is 14.9.